The third-order valence-corrected chi connectivity index (χ3v) is 1.77. The number of allylic oxidation sites excluding steroid dienone is 3. The lowest BCUT2D eigenvalue weighted by molar-refractivity contribution is -0.147. The van der Waals surface area contributed by atoms with E-state index in [1.165, 1.54) is 0 Å². The van der Waals surface area contributed by atoms with Crippen LogP contribution in [-0.4, -0.2) is 23.7 Å². The lowest BCUT2D eigenvalue weighted by Gasteiger charge is -2.00. The Morgan fingerprint density at radius 3 is 2.56 bits per heavy atom. The minimum atomic E-state index is -0.983. The molecule has 0 fully saturated rings. The maximum Gasteiger partial charge on any atom is 0.306 e. The monoisotopic (exact) mass is 226 g/mol. The Bertz CT molecular complexity index is 266. The van der Waals surface area contributed by atoms with Crippen molar-refractivity contribution in [2.75, 3.05) is 6.61 Å². The Morgan fingerprint density at radius 2 is 1.94 bits per heavy atom. The van der Waals surface area contributed by atoms with Gasteiger partial charge < -0.3 is 9.84 Å². The molecule has 0 rings (SSSR count). The first-order valence-electron chi connectivity index (χ1n) is 5.30. The lowest BCUT2D eigenvalue weighted by atomic mass is 10.3. The van der Waals surface area contributed by atoms with Crippen LogP contribution < -0.4 is 0 Å². The number of aliphatic carboxylic acids is 1. The summed E-state index contributed by atoms with van der Waals surface area (Å²) in [4.78, 5) is 21.1. The van der Waals surface area contributed by atoms with Gasteiger partial charge in [0.1, 0.15) is 0 Å². The zero-order valence-corrected chi connectivity index (χ0v) is 9.52. The van der Waals surface area contributed by atoms with Crippen LogP contribution in [0.25, 0.3) is 0 Å². The molecule has 0 saturated carbocycles. The average molecular weight is 226 g/mol. The van der Waals surface area contributed by atoms with Gasteiger partial charge in [-0.25, -0.2) is 0 Å². The van der Waals surface area contributed by atoms with E-state index in [0.29, 0.717) is 13.0 Å². The fourth-order valence-corrected chi connectivity index (χ4v) is 0.951. The van der Waals surface area contributed by atoms with Crippen LogP contribution in [0.3, 0.4) is 0 Å². The number of hydrogen-bond donors (Lipinski definition) is 1. The maximum atomic E-state index is 11.0. The second-order valence-corrected chi connectivity index (χ2v) is 3.18. The molecule has 0 unspecified atom stereocenters. The zero-order valence-electron chi connectivity index (χ0n) is 9.52. The summed E-state index contributed by atoms with van der Waals surface area (Å²) in [5.41, 5.74) is 0. The third-order valence-electron chi connectivity index (χ3n) is 1.77. The molecular weight excluding hydrogens is 208 g/mol. The van der Waals surface area contributed by atoms with E-state index in [9.17, 15) is 9.59 Å². The van der Waals surface area contributed by atoms with E-state index in [4.69, 9.17) is 9.84 Å². The molecule has 0 spiro atoms. The first kappa shape index (κ1) is 14.4. The number of carboxylic acids is 1. The highest BCUT2D eigenvalue weighted by Crippen LogP contribution is 1.95. The second-order valence-electron chi connectivity index (χ2n) is 3.18. The Labute approximate surface area is 95.6 Å². The largest absolute Gasteiger partial charge is 0.481 e. The molecule has 16 heavy (non-hydrogen) atoms. The van der Waals surface area contributed by atoms with Crippen molar-refractivity contribution in [3.05, 3.63) is 24.3 Å². The molecule has 0 aromatic carbocycles. The van der Waals surface area contributed by atoms with Crippen molar-refractivity contribution >= 4 is 11.9 Å². The van der Waals surface area contributed by atoms with Gasteiger partial charge in [-0.2, -0.15) is 0 Å². The summed E-state index contributed by atoms with van der Waals surface area (Å²) in [6, 6.07) is 0. The average Bonchev–Trinajstić information content (AvgIpc) is 2.25. The first-order valence-corrected chi connectivity index (χ1v) is 5.30. The fourth-order valence-electron chi connectivity index (χ4n) is 0.951. The van der Waals surface area contributed by atoms with Crippen molar-refractivity contribution in [1.29, 1.82) is 0 Å². The quantitative estimate of drug-likeness (QED) is 0.392. The van der Waals surface area contributed by atoms with Crippen LogP contribution >= 0.6 is 0 Å². The van der Waals surface area contributed by atoms with E-state index < -0.39 is 11.9 Å². The van der Waals surface area contributed by atoms with Crippen LogP contribution in [0.5, 0.6) is 0 Å². The molecule has 1 N–H and O–H groups in total. The Kier molecular flexibility index (Phi) is 8.97. The number of ether oxygens (including phenoxy) is 1. The van der Waals surface area contributed by atoms with Crippen LogP contribution in [0.15, 0.2) is 24.3 Å². The predicted molar refractivity (Wildman–Crippen MR) is 61.0 cm³/mol. The van der Waals surface area contributed by atoms with Crippen LogP contribution in [-0.2, 0) is 14.3 Å². The standard InChI is InChI=1S/C12H18O4/c1-2-3-4-5-6-7-10-16-12(15)9-8-11(13)14/h2-3,5-6H,4,7-10H2,1H3,(H,13,14)/b3-2-,6-5+. The maximum absolute atomic E-state index is 11.0. The molecule has 4 heteroatoms. The first-order chi connectivity index (χ1) is 7.66. The van der Waals surface area contributed by atoms with Gasteiger partial charge in [0.2, 0.25) is 0 Å². The van der Waals surface area contributed by atoms with E-state index in [1.807, 2.05) is 31.2 Å². The molecule has 0 radical (unpaired) electrons. The van der Waals surface area contributed by atoms with E-state index in [2.05, 4.69) is 0 Å². The molecule has 0 aliphatic carbocycles. The van der Waals surface area contributed by atoms with Crippen LogP contribution in [0, 0.1) is 0 Å². The predicted octanol–water partition coefficient (Wildman–Crippen LogP) is 2.31. The van der Waals surface area contributed by atoms with Gasteiger partial charge in [0.15, 0.2) is 0 Å². The normalized spacial score (nSPS) is 11.1. The van der Waals surface area contributed by atoms with Crippen molar-refractivity contribution in [3.63, 3.8) is 0 Å². The van der Waals surface area contributed by atoms with Crippen LogP contribution in [0.2, 0.25) is 0 Å². The van der Waals surface area contributed by atoms with E-state index >= 15 is 0 Å². The number of hydrogen-bond acceptors (Lipinski definition) is 3. The molecule has 0 aliphatic rings. The van der Waals surface area contributed by atoms with E-state index in [1.54, 1.807) is 0 Å². The highest BCUT2D eigenvalue weighted by atomic mass is 16.5. The molecule has 0 aliphatic heterocycles. The Balaban J connectivity index is 3.40. The van der Waals surface area contributed by atoms with Crippen molar-refractivity contribution < 1.29 is 19.4 Å². The minimum absolute atomic E-state index is 0.0579. The molecule has 0 aromatic rings. The summed E-state index contributed by atoms with van der Waals surface area (Å²) in [7, 11) is 0. The molecule has 0 saturated heterocycles. The summed E-state index contributed by atoms with van der Waals surface area (Å²) < 4.78 is 4.83. The van der Waals surface area contributed by atoms with Gasteiger partial charge in [-0.05, 0) is 19.8 Å². The lowest BCUT2D eigenvalue weighted by Crippen LogP contribution is -2.07. The summed E-state index contributed by atoms with van der Waals surface area (Å²) in [5.74, 6) is -1.44. The van der Waals surface area contributed by atoms with Gasteiger partial charge in [-0.3, -0.25) is 9.59 Å². The Morgan fingerprint density at radius 1 is 1.19 bits per heavy atom. The van der Waals surface area contributed by atoms with Gasteiger partial charge in [0, 0.05) is 0 Å². The van der Waals surface area contributed by atoms with Crippen molar-refractivity contribution in [3.8, 4) is 0 Å². The minimum Gasteiger partial charge on any atom is -0.481 e. The van der Waals surface area contributed by atoms with Crippen LogP contribution in [0.1, 0.15) is 32.6 Å². The molecule has 0 amide bonds. The third kappa shape index (κ3) is 10.5. The molecule has 0 atom stereocenters. The van der Waals surface area contributed by atoms with Crippen molar-refractivity contribution in [1.82, 2.24) is 0 Å². The van der Waals surface area contributed by atoms with Gasteiger partial charge in [-0.15, -0.1) is 0 Å². The van der Waals surface area contributed by atoms with Gasteiger partial charge in [-0.1, -0.05) is 24.3 Å². The molecule has 4 nitrogen and oxygen atoms in total. The summed E-state index contributed by atoms with van der Waals surface area (Å²) in [5, 5.41) is 8.33. The number of rotatable bonds is 8. The van der Waals surface area contributed by atoms with Crippen LogP contribution in [0.4, 0.5) is 0 Å². The Hall–Kier alpha value is -1.58. The highest BCUT2D eigenvalue weighted by Gasteiger charge is 2.05. The summed E-state index contributed by atoms with van der Waals surface area (Å²) in [6.45, 7) is 2.27. The topological polar surface area (TPSA) is 63.6 Å². The smallest absolute Gasteiger partial charge is 0.306 e. The number of esters is 1. The molecule has 0 heterocycles. The molecule has 0 bridgehead atoms. The molecule has 0 aromatic heterocycles. The van der Waals surface area contributed by atoms with E-state index in [0.717, 1.165) is 6.42 Å². The van der Waals surface area contributed by atoms with Gasteiger partial charge >= 0.3 is 11.9 Å². The molecule has 90 valence electrons. The summed E-state index contributed by atoms with van der Waals surface area (Å²) in [6.07, 6.45) is 9.23. The SMILES string of the molecule is C/C=C\C/C=C/CCOC(=O)CCC(=O)O. The van der Waals surface area contributed by atoms with E-state index in [-0.39, 0.29) is 12.8 Å². The van der Waals surface area contributed by atoms with Crippen molar-refractivity contribution in [2.45, 2.75) is 32.6 Å². The van der Waals surface area contributed by atoms with Gasteiger partial charge in [0.05, 0.1) is 19.4 Å². The number of carbonyl (C=O) groups excluding carboxylic acids is 1. The number of carbonyl (C=O) groups is 2. The summed E-state index contributed by atoms with van der Waals surface area (Å²) >= 11 is 0. The fraction of sp³-hybridized carbons (Fsp3) is 0.500. The highest BCUT2D eigenvalue weighted by molar-refractivity contribution is 5.76. The van der Waals surface area contributed by atoms with Gasteiger partial charge in [0.25, 0.3) is 0 Å². The van der Waals surface area contributed by atoms with Crippen molar-refractivity contribution in [2.24, 2.45) is 0 Å². The second kappa shape index (κ2) is 9.96. The number of carboxylic acid groups (broad SMARTS) is 1. The zero-order chi connectivity index (χ0) is 12.2. The molecular formula is C12H18O4.